The van der Waals surface area contributed by atoms with Crippen LogP contribution in [0.5, 0.6) is 5.75 Å². The molecule has 1 aromatic rings. The fraction of sp³-hybridized carbons (Fsp3) is 0.417. The molecule has 4 heteroatoms. The summed E-state index contributed by atoms with van der Waals surface area (Å²) in [7, 11) is 0. The van der Waals surface area contributed by atoms with E-state index < -0.39 is 12.1 Å². The molecule has 0 radical (unpaired) electrons. The SMILES string of the molecule is O=C(O)C(CNC1CC1)Oc1ccccc1. The zero-order valence-corrected chi connectivity index (χ0v) is 8.93. The van der Waals surface area contributed by atoms with Gasteiger partial charge in [-0.1, -0.05) is 18.2 Å². The number of para-hydroxylation sites is 1. The summed E-state index contributed by atoms with van der Waals surface area (Å²) in [6.45, 7) is 0.356. The van der Waals surface area contributed by atoms with E-state index in [1.807, 2.05) is 18.2 Å². The van der Waals surface area contributed by atoms with Gasteiger partial charge in [0.2, 0.25) is 6.10 Å². The zero-order chi connectivity index (χ0) is 11.4. The molecule has 16 heavy (non-hydrogen) atoms. The predicted molar refractivity (Wildman–Crippen MR) is 59.5 cm³/mol. The number of aliphatic carboxylic acids is 1. The Morgan fingerprint density at radius 2 is 2.12 bits per heavy atom. The molecule has 2 N–H and O–H groups in total. The maximum Gasteiger partial charge on any atom is 0.346 e. The summed E-state index contributed by atoms with van der Waals surface area (Å²) in [5, 5.41) is 12.2. The van der Waals surface area contributed by atoms with Crippen molar-refractivity contribution in [2.24, 2.45) is 0 Å². The molecule has 0 aliphatic heterocycles. The highest BCUT2D eigenvalue weighted by atomic mass is 16.5. The molecule has 2 rings (SSSR count). The number of carboxylic acids is 1. The van der Waals surface area contributed by atoms with Crippen molar-refractivity contribution in [1.82, 2.24) is 5.32 Å². The first-order valence-electron chi connectivity index (χ1n) is 5.43. The van der Waals surface area contributed by atoms with Crippen LogP contribution in [0, 0.1) is 0 Å². The highest BCUT2D eigenvalue weighted by molar-refractivity contribution is 5.73. The average molecular weight is 221 g/mol. The number of carbonyl (C=O) groups is 1. The molecule has 0 heterocycles. The standard InChI is InChI=1S/C12H15NO3/c14-12(15)11(8-13-9-6-7-9)16-10-4-2-1-3-5-10/h1-5,9,11,13H,6-8H2,(H,14,15). The monoisotopic (exact) mass is 221 g/mol. The van der Waals surface area contributed by atoms with Crippen molar-refractivity contribution in [3.8, 4) is 5.75 Å². The van der Waals surface area contributed by atoms with E-state index in [0.29, 0.717) is 18.3 Å². The molecule has 0 aromatic heterocycles. The van der Waals surface area contributed by atoms with Gasteiger partial charge in [-0.15, -0.1) is 0 Å². The first-order valence-corrected chi connectivity index (χ1v) is 5.43. The van der Waals surface area contributed by atoms with Gasteiger partial charge < -0.3 is 15.2 Å². The third-order valence-electron chi connectivity index (χ3n) is 2.47. The van der Waals surface area contributed by atoms with Crippen LogP contribution >= 0.6 is 0 Å². The molecule has 0 bridgehead atoms. The van der Waals surface area contributed by atoms with E-state index in [0.717, 1.165) is 12.8 Å². The summed E-state index contributed by atoms with van der Waals surface area (Å²) in [5.74, 6) is -0.343. The van der Waals surface area contributed by atoms with E-state index >= 15 is 0 Å². The number of carboxylic acid groups (broad SMARTS) is 1. The quantitative estimate of drug-likeness (QED) is 0.759. The highest BCUT2D eigenvalue weighted by Gasteiger charge is 2.25. The van der Waals surface area contributed by atoms with Crippen LogP contribution in [0.3, 0.4) is 0 Å². The van der Waals surface area contributed by atoms with Crippen molar-refractivity contribution in [3.05, 3.63) is 30.3 Å². The van der Waals surface area contributed by atoms with E-state index in [1.54, 1.807) is 12.1 Å². The Bertz CT molecular complexity index is 349. The second-order valence-corrected chi connectivity index (χ2v) is 3.94. The van der Waals surface area contributed by atoms with Gasteiger partial charge in [-0.25, -0.2) is 4.79 Å². The minimum absolute atomic E-state index is 0.356. The van der Waals surface area contributed by atoms with Gasteiger partial charge in [0.15, 0.2) is 0 Å². The highest BCUT2D eigenvalue weighted by Crippen LogP contribution is 2.19. The lowest BCUT2D eigenvalue weighted by Crippen LogP contribution is -2.38. The molecule has 0 saturated heterocycles. The topological polar surface area (TPSA) is 58.6 Å². The molecule has 1 atom stereocenters. The minimum atomic E-state index is -0.933. The van der Waals surface area contributed by atoms with E-state index in [1.165, 1.54) is 0 Å². The molecule has 1 aliphatic carbocycles. The molecule has 4 nitrogen and oxygen atoms in total. The van der Waals surface area contributed by atoms with Gasteiger partial charge in [-0.2, -0.15) is 0 Å². The molecule has 1 aromatic carbocycles. The first-order chi connectivity index (χ1) is 7.75. The summed E-state index contributed by atoms with van der Waals surface area (Å²) < 4.78 is 5.39. The number of benzene rings is 1. The van der Waals surface area contributed by atoms with Crippen LogP contribution in [-0.4, -0.2) is 29.8 Å². The van der Waals surface area contributed by atoms with Crippen LogP contribution in [0.25, 0.3) is 0 Å². The van der Waals surface area contributed by atoms with Gasteiger partial charge in [0, 0.05) is 12.6 Å². The minimum Gasteiger partial charge on any atom is -0.478 e. The second kappa shape index (κ2) is 4.99. The van der Waals surface area contributed by atoms with E-state index in [2.05, 4.69) is 5.32 Å². The number of ether oxygens (including phenoxy) is 1. The lowest BCUT2D eigenvalue weighted by molar-refractivity contribution is -0.144. The lowest BCUT2D eigenvalue weighted by atomic mass is 10.3. The average Bonchev–Trinajstić information content (AvgIpc) is 3.09. The van der Waals surface area contributed by atoms with Crippen LogP contribution in [0.4, 0.5) is 0 Å². The Kier molecular flexibility index (Phi) is 3.41. The number of hydrogen-bond acceptors (Lipinski definition) is 3. The maximum absolute atomic E-state index is 11.0. The Morgan fingerprint density at radius 3 is 2.69 bits per heavy atom. The summed E-state index contributed by atoms with van der Waals surface area (Å²) in [6, 6.07) is 9.51. The molecule has 86 valence electrons. The smallest absolute Gasteiger partial charge is 0.346 e. The Balaban J connectivity index is 1.88. The van der Waals surface area contributed by atoms with Gasteiger partial charge in [0.25, 0.3) is 0 Å². The van der Waals surface area contributed by atoms with E-state index in [-0.39, 0.29) is 0 Å². The molecule has 0 spiro atoms. The van der Waals surface area contributed by atoms with Crippen LogP contribution in [0.15, 0.2) is 30.3 Å². The van der Waals surface area contributed by atoms with Crippen LogP contribution in [0.2, 0.25) is 0 Å². The van der Waals surface area contributed by atoms with Gasteiger partial charge in [-0.3, -0.25) is 0 Å². The Hall–Kier alpha value is -1.55. The molecule has 1 aliphatic rings. The first kappa shape index (κ1) is 11.0. The molecular formula is C12H15NO3. The molecule has 1 saturated carbocycles. The molecule has 0 amide bonds. The number of rotatable bonds is 6. The Labute approximate surface area is 94.2 Å². The van der Waals surface area contributed by atoms with Gasteiger partial charge in [0.1, 0.15) is 5.75 Å². The van der Waals surface area contributed by atoms with Gasteiger partial charge in [0.05, 0.1) is 0 Å². The zero-order valence-electron chi connectivity index (χ0n) is 8.93. The summed E-state index contributed by atoms with van der Waals surface area (Å²) >= 11 is 0. The number of hydrogen-bond donors (Lipinski definition) is 2. The molecular weight excluding hydrogens is 206 g/mol. The van der Waals surface area contributed by atoms with Crippen molar-refractivity contribution in [3.63, 3.8) is 0 Å². The molecule has 1 unspecified atom stereocenters. The van der Waals surface area contributed by atoms with Crippen LogP contribution < -0.4 is 10.1 Å². The Morgan fingerprint density at radius 1 is 1.44 bits per heavy atom. The fourth-order valence-electron chi connectivity index (χ4n) is 1.40. The van der Waals surface area contributed by atoms with Crippen molar-refractivity contribution in [2.45, 2.75) is 25.0 Å². The van der Waals surface area contributed by atoms with Crippen molar-refractivity contribution in [1.29, 1.82) is 0 Å². The summed E-state index contributed by atoms with van der Waals surface area (Å²) in [4.78, 5) is 11.0. The third kappa shape index (κ3) is 3.24. The summed E-state index contributed by atoms with van der Waals surface area (Å²) in [5.41, 5.74) is 0. The van der Waals surface area contributed by atoms with Crippen LogP contribution in [-0.2, 0) is 4.79 Å². The van der Waals surface area contributed by atoms with Crippen LogP contribution in [0.1, 0.15) is 12.8 Å². The van der Waals surface area contributed by atoms with Gasteiger partial charge >= 0.3 is 5.97 Å². The number of nitrogens with one attached hydrogen (secondary N) is 1. The lowest BCUT2D eigenvalue weighted by Gasteiger charge is -2.15. The summed E-state index contributed by atoms with van der Waals surface area (Å²) in [6.07, 6.45) is 1.46. The fourth-order valence-corrected chi connectivity index (χ4v) is 1.40. The van der Waals surface area contributed by atoms with E-state index in [9.17, 15) is 4.79 Å². The second-order valence-electron chi connectivity index (χ2n) is 3.94. The van der Waals surface area contributed by atoms with Gasteiger partial charge in [-0.05, 0) is 25.0 Å². The van der Waals surface area contributed by atoms with Crippen molar-refractivity contribution in [2.75, 3.05) is 6.54 Å². The normalized spacial score (nSPS) is 16.8. The third-order valence-corrected chi connectivity index (χ3v) is 2.47. The van der Waals surface area contributed by atoms with Crippen molar-refractivity contribution < 1.29 is 14.6 Å². The van der Waals surface area contributed by atoms with Crippen molar-refractivity contribution >= 4 is 5.97 Å². The maximum atomic E-state index is 11.0. The van der Waals surface area contributed by atoms with E-state index in [4.69, 9.17) is 9.84 Å². The predicted octanol–water partition coefficient (Wildman–Crippen LogP) is 1.27. The molecule has 1 fully saturated rings. The largest absolute Gasteiger partial charge is 0.478 e.